The highest BCUT2D eigenvalue weighted by Gasteiger charge is 2.48. The van der Waals surface area contributed by atoms with Gasteiger partial charge in [-0.15, -0.1) is 11.3 Å². The molecule has 0 aromatic carbocycles. The molecule has 2 aliphatic rings. The van der Waals surface area contributed by atoms with E-state index in [0.717, 1.165) is 18.3 Å². The van der Waals surface area contributed by atoms with Gasteiger partial charge in [0.1, 0.15) is 0 Å². The summed E-state index contributed by atoms with van der Waals surface area (Å²) in [6, 6.07) is 0. The van der Waals surface area contributed by atoms with Gasteiger partial charge in [0.05, 0.1) is 5.51 Å². The maximum absolute atomic E-state index is 6.51. The quantitative estimate of drug-likeness (QED) is 0.809. The fourth-order valence-electron chi connectivity index (χ4n) is 3.36. The Kier molecular flexibility index (Phi) is 1.92. The van der Waals surface area contributed by atoms with E-state index in [1.54, 1.807) is 11.3 Å². The van der Waals surface area contributed by atoms with Crippen molar-refractivity contribution in [3.8, 4) is 0 Å². The average molecular weight is 208 g/mol. The molecule has 0 amide bonds. The van der Waals surface area contributed by atoms with Gasteiger partial charge in [0.25, 0.3) is 0 Å². The number of hydrogen-bond acceptors (Lipinski definition) is 3. The van der Waals surface area contributed by atoms with Crippen molar-refractivity contribution in [3.63, 3.8) is 0 Å². The summed E-state index contributed by atoms with van der Waals surface area (Å²) in [5, 5.41) is 0. The van der Waals surface area contributed by atoms with Crippen molar-refractivity contribution < 1.29 is 0 Å². The lowest BCUT2D eigenvalue weighted by Gasteiger charge is -2.33. The van der Waals surface area contributed by atoms with Crippen LogP contribution in [-0.4, -0.2) is 10.5 Å². The van der Waals surface area contributed by atoms with E-state index in [4.69, 9.17) is 5.73 Å². The number of rotatable bonds is 2. The van der Waals surface area contributed by atoms with Crippen molar-refractivity contribution in [2.75, 3.05) is 0 Å². The maximum atomic E-state index is 6.51. The number of nitrogens with two attached hydrogens (primary N) is 1. The van der Waals surface area contributed by atoms with Gasteiger partial charge < -0.3 is 5.73 Å². The summed E-state index contributed by atoms with van der Waals surface area (Å²) >= 11 is 1.74. The molecule has 14 heavy (non-hydrogen) atoms. The molecule has 3 heteroatoms. The first-order valence-electron chi connectivity index (χ1n) is 5.42. The zero-order valence-electron chi connectivity index (χ0n) is 8.28. The molecule has 2 nitrogen and oxygen atoms in total. The maximum Gasteiger partial charge on any atom is 0.0794 e. The SMILES string of the molecule is NC1(Cc2cncs2)CC2CCC1C2. The van der Waals surface area contributed by atoms with Crippen LogP contribution in [0.4, 0.5) is 0 Å². The minimum absolute atomic E-state index is 0.107. The van der Waals surface area contributed by atoms with Crippen molar-refractivity contribution in [2.24, 2.45) is 17.6 Å². The van der Waals surface area contributed by atoms with Crippen molar-refractivity contribution in [1.29, 1.82) is 0 Å². The van der Waals surface area contributed by atoms with E-state index in [2.05, 4.69) is 4.98 Å². The molecule has 3 unspecified atom stereocenters. The zero-order valence-corrected chi connectivity index (χ0v) is 9.09. The number of nitrogens with zero attached hydrogens (tertiary/aromatic N) is 1. The van der Waals surface area contributed by atoms with E-state index in [0.29, 0.717) is 0 Å². The van der Waals surface area contributed by atoms with Crippen molar-refractivity contribution in [3.05, 3.63) is 16.6 Å². The Morgan fingerprint density at radius 3 is 3.07 bits per heavy atom. The standard InChI is InChI=1S/C11H16N2S/c12-11(5-10-6-13-7-14-10)4-8-1-2-9(11)3-8/h6-9H,1-5,12H2. The summed E-state index contributed by atoms with van der Waals surface area (Å²) in [5.41, 5.74) is 8.53. The van der Waals surface area contributed by atoms with Gasteiger partial charge in [-0.25, -0.2) is 0 Å². The van der Waals surface area contributed by atoms with Crippen LogP contribution in [0.15, 0.2) is 11.7 Å². The molecule has 3 rings (SSSR count). The van der Waals surface area contributed by atoms with Gasteiger partial charge in [0.15, 0.2) is 0 Å². The van der Waals surface area contributed by atoms with Crippen molar-refractivity contribution in [2.45, 2.75) is 37.6 Å². The Balaban J connectivity index is 1.78. The molecule has 2 saturated carbocycles. The number of fused-ring (bicyclic) bond motifs is 2. The van der Waals surface area contributed by atoms with Crippen LogP contribution in [0.25, 0.3) is 0 Å². The second-order valence-electron chi connectivity index (χ2n) is 4.96. The molecule has 2 fully saturated rings. The minimum atomic E-state index is 0.107. The first-order chi connectivity index (χ1) is 6.76. The normalized spacial score (nSPS) is 40.6. The van der Waals surface area contributed by atoms with E-state index in [1.807, 2.05) is 11.7 Å². The average Bonchev–Trinajstić information content (AvgIpc) is 2.78. The van der Waals surface area contributed by atoms with E-state index in [1.165, 1.54) is 30.6 Å². The molecule has 76 valence electrons. The van der Waals surface area contributed by atoms with Gasteiger partial charge in [-0.2, -0.15) is 0 Å². The Bertz CT molecular complexity index is 322. The monoisotopic (exact) mass is 208 g/mol. The van der Waals surface area contributed by atoms with E-state index in [-0.39, 0.29) is 5.54 Å². The molecule has 3 atom stereocenters. The number of hydrogen-bond donors (Lipinski definition) is 1. The Hall–Kier alpha value is -0.410. The molecule has 2 bridgehead atoms. The Morgan fingerprint density at radius 1 is 1.57 bits per heavy atom. The summed E-state index contributed by atoms with van der Waals surface area (Å²) in [4.78, 5) is 5.48. The topological polar surface area (TPSA) is 38.9 Å². The van der Waals surface area contributed by atoms with Gasteiger partial charge in [-0.05, 0) is 31.1 Å². The van der Waals surface area contributed by atoms with Crippen molar-refractivity contribution >= 4 is 11.3 Å². The highest BCUT2D eigenvalue weighted by molar-refractivity contribution is 7.09. The highest BCUT2D eigenvalue weighted by Crippen LogP contribution is 2.50. The van der Waals surface area contributed by atoms with Gasteiger partial charge in [-0.1, -0.05) is 6.42 Å². The molecule has 2 N–H and O–H groups in total. The molecule has 0 saturated heterocycles. The molecule has 1 aromatic rings. The predicted octanol–water partition coefficient (Wildman–Crippen LogP) is 2.20. The van der Waals surface area contributed by atoms with Crippen LogP contribution in [0.2, 0.25) is 0 Å². The summed E-state index contributed by atoms with van der Waals surface area (Å²) < 4.78 is 0. The lowest BCUT2D eigenvalue weighted by molar-refractivity contribution is 0.271. The van der Waals surface area contributed by atoms with E-state index in [9.17, 15) is 0 Å². The van der Waals surface area contributed by atoms with Crippen LogP contribution in [0.5, 0.6) is 0 Å². The first kappa shape index (κ1) is 8.86. The van der Waals surface area contributed by atoms with Crippen LogP contribution >= 0.6 is 11.3 Å². The van der Waals surface area contributed by atoms with Gasteiger partial charge in [0.2, 0.25) is 0 Å². The van der Waals surface area contributed by atoms with Crippen LogP contribution < -0.4 is 5.73 Å². The minimum Gasteiger partial charge on any atom is -0.325 e. The number of thiazole rings is 1. The molecule has 1 heterocycles. The predicted molar refractivity (Wildman–Crippen MR) is 58.2 cm³/mol. The van der Waals surface area contributed by atoms with Crippen LogP contribution in [-0.2, 0) is 6.42 Å². The summed E-state index contributed by atoms with van der Waals surface area (Å²) in [7, 11) is 0. The number of aromatic nitrogens is 1. The first-order valence-corrected chi connectivity index (χ1v) is 6.30. The lowest BCUT2D eigenvalue weighted by Crippen LogP contribution is -2.46. The Morgan fingerprint density at radius 2 is 2.50 bits per heavy atom. The molecule has 0 aliphatic heterocycles. The molecule has 2 aliphatic carbocycles. The van der Waals surface area contributed by atoms with Gasteiger partial charge >= 0.3 is 0 Å². The van der Waals surface area contributed by atoms with Crippen LogP contribution in [0.3, 0.4) is 0 Å². The molecular weight excluding hydrogens is 192 g/mol. The van der Waals surface area contributed by atoms with E-state index < -0.39 is 0 Å². The second-order valence-corrected chi connectivity index (χ2v) is 5.93. The third kappa shape index (κ3) is 1.30. The smallest absolute Gasteiger partial charge is 0.0794 e. The van der Waals surface area contributed by atoms with Crippen LogP contribution in [0.1, 0.15) is 30.6 Å². The summed E-state index contributed by atoms with van der Waals surface area (Å²) in [5.74, 6) is 1.72. The molecule has 0 spiro atoms. The zero-order chi connectivity index (χ0) is 9.60. The van der Waals surface area contributed by atoms with Gasteiger partial charge in [-0.3, -0.25) is 4.98 Å². The lowest BCUT2D eigenvalue weighted by atomic mass is 9.79. The fraction of sp³-hybridized carbons (Fsp3) is 0.727. The van der Waals surface area contributed by atoms with E-state index >= 15 is 0 Å². The third-order valence-electron chi connectivity index (χ3n) is 4.01. The fourth-order valence-corrected chi connectivity index (χ4v) is 4.09. The van der Waals surface area contributed by atoms with Crippen molar-refractivity contribution in [1.82, 2.24) is 4.98 Å². The third-order valence-corrected chi connectivity index (χ3v) is 4.79. The van der Waals surface area contributed by atoms with Crippen LogP contribution in [0, 0.1) is 11.8 Å². The second kappa shape index (κ2) is 3.04. The molecule has 1 aromatic heterocycles. The summed E-state index contributed by atoms with van der Waals surface area (Å²) in [6.07, 6.45) is 8.45. The molecular formula is C11H16N2S. The highest BCUT2D eigenvalue weighted by atomic mass is 32.1. The van der Waals surface area contributed by atoms with Gasteiger partial charge in [0, 0.05) is 23.0 Å². The molecule has 0 radical (unpaired) electrons. The summed E-state index contributed by atoms with van der Waals surface area (Å²) in [6.45, 7) is 0. The largest absolute Gasteiger partial charge is 0.325 e. The Labute approximate surface area is 88.5 Å².